The molecule has 0 fully saturated rings. The Morgan fingerprint density at radius 3 is 2.92 bits per heavy atom. The Morgan fingerprint density at radius 2 is 2.31 bits per heavy atom. The van der Waals surface area contributed by atoms with Crippen LogP contribution in [0.15, 0.2) is 18.2 Å². The van der Waals surface area contributed by atoms with Crippen LogP contribution in [0.1, 0.15) is 12.5 Å². The Kier molecular flexibility index (Phi) is 3.77. The number of halogens is 1. The minimum absolute atomic E-state index is 0.343. The molecule has 0 atom stereocenters. The van der Waals surface area contributed by atoms with Crippen molar-refractivity contribution in [1.29, 1.82) is 0 Å². The van der Waals surface area contributed by atoms with Gasteiger partial charge in [-0.3, -0.25) is 0 Å². The number of ether oxygens (including phenoxy) is 1. The van der Waals surface area contributed by atoms with Gasteiger partial charge < -0.3 is 9.53 Å². The highest BCUT2D eigenvalue weighted by Gasteiger charge is 2.02. The third-order valence-electron chi connectivity index (χ3n) is 1.63. The van der Waals surface area contributed by atoms with Gasteiger partial charge in [-0.05, 0) is 25.1 Å². The Bertz CT molecular complexity index is 297. The van der Waals surface area contributed by atoms with Gasteiger partial charge in [0, 0.05) is 17.0 Å². The number of hydrogen-bond acceptors (Lipinski definition) is 2. The van der Waals surface area contributed by atoms with Crippen LogP contribution in [0.2, 0.25) is 5.02 Å². The molecule has 0 N–H and O–H groups in total. The van der Waals surface area contributed by atoms with Crippen LogP contribution >= 0.6 is 11.6 Å². The van der Waals surface area contributed by atoms with Crippen molar-refractivity contribution in [1.82, 2.24) is 0 Å². The van der Waals surface area contributed by atoms with Crippen molar-refractivity contribution in [3.63, 3.8) is 0 Å². The molecular weight excluding hydrogens is 188 g/mol. The van der Waals surface area contributed by atoms with E-state index in [1.54, 1.807) is 18.2 Å². The van der Waals surface area contributed by atoms with E-state index in [2.05, 4.69) is 0 Å². The summed E-state index contributed by atoms with van der Waals surface area (Å²) in [6, 6.07) is 5.28. The fourth-order valence-corrected chi connectivity index (χ4v) is 1.29. The van der Waals surface area contributed by atoms with Gasteiger partial charge in [-0.25, -0.2) is 0 Å². The number of benzene rings is 1. The molecule has 1 rings (SSSR count). The second-order valence-electron chi connectivity index (χ2n) is 2.56. The number of carbonyl (C=O) groups excluding carboxylic acids is 1. The molecule has 0 heterocycles. The molecule has 1 aromatic rings. The van der Waals surface area contributed by atoms with Crippen molar-refractivity contribution >= 4 is 17.9 Å². The summed E-state index contributed by atoms with van der Waals surface area (Å²) in [7, 11) is 0. The highest BCUT2D eigenvalue weighted by atomic mass is 35.5. The molecule has 0 aliphatic heterocycles. The predicted octanol–water partition coefficient (Wildman–Crippen LogP) is 2.48. The predicted molar refractivity (Wildman–Crippen MR) is 52.4 cm³/mol. The summed E-state index contributed by atoms with van der Waals surface area (Å²) in [4.78, 5) is 10.3. The molecule has 1 aromatic carbocycles. The van der Waals surface area contributed by atoms with Gasteiger partial charge in [0.1, 0.15) is 12.0 Å². The molecule has 0 radical (unpaired) electrons. The van der Waals surface area contributed by atoms with Crippen molar-refractivity contribution in [2.75, 3.05) is 6.61 Å². The van der Waals surface area contributed by atoms with Crippen molar-refractivity contribution in [2.24, 2.45) is 0 Å². The lowest BCUT2D eigenvalue weighted by Crippen LogP contribution is -1.97. The second-order valence-corrected chi connectivity index (χ2v) is 2.99. The highest BCUT2D eigenvalue weighted by molar-refractivity contribution is 6.30. The number of hydrogen-bond donors (Lipinski definition) is 0. The van der Waals surface area contributed by atoms with E-state index in [0.29, 0.717) is 18.1 Å². The number of aldehydes is 1. The van der Waals surface area contributed by atoms with E-state index in [4.69, 9.17) is 16.3 Å². The molecule has 0 amide bonds. The largest absolute Gasteiger partial charge is 0.494 e. The molecule has 0 aliphatic carbocycles. The van der Waals surface area contributed by atoms with Crippen molar-refractivity contribution < 1.29 is 9.53 Å². The Labute approximate surface area is 82.5 Å². The first kappa shape index (κ1) is 10.1. The van der Waals surface area contributed by atoms with E-state index in [-0.39, 0.29) is 0 Å². The summed E-state index contributed by atoms with van der Waals surface area (Å²) in [5, 5.41) is 0.625. The van der Waals surface area contributed by atoms with Gasteiger partial charge in [-0.15, -0.1) is 0 Å². The van der Waals surface area contributed by atoms with Crippen molar-refractivity contribution in [3.8, 4) is 5.75 Å². The normalized spacial score (nSPS) is 9.69. The van der Waals surface area contributed by atoms with Gasteiger partial charge in [-0.1, -0.05) is 11.6 Å². The van der Waals surface area contributed by atoms with Crippen LogP contribution in [0.25, 0.3) is 0 Å². The summed E-state index contributed by atoms with van der Waals surface area (Å²) in [6.07, 6.45) is 1.18. The zero-order valence-electron chi connectivity index (χ0n) is 7.42. The molecule has 0 unspecified atom stereocenters. The first-order chi connectivity index (χ1) is 6.27. The zero-order valence-corrected chi connectivity index (χ0v) is 8.17. The molecule has 70 valence electrons. The molecule has 0 saturated carbocycles. The van der Waals surface area contributed by atoms with E-state index in [9.17, 15) is 4.79 Å². The lowest BCUT2D eigenvalue weighted by Gasteiger charge is -2.07. The van der Waals surface area contributed by atoms with Crippen LogP contribution in [0.5, 0.6) is 5.75 Å². The lowest BCUT2D eigenvalue weighted by atomic mass is 10.1. The molecule has 0 bridgehead atoms. The van der Waals surface area contributed by atoms with Gasteiger partial charge in [0.25, 0.3) is 0 Å². The van der Waals surface area contributed by atoms with E-state index in [0.717, 1.165) is 17.6 Å². The van der Waals surface area contributed by atoms with Gasteiger partial charge in [0.05, 0.1) is 6.61 Å². The maximum atomic E-state index is 10.3. The molecule has 3 heteroatoms. The third kappa shape index (κ3) is 2.74. The average Bonchev–Trinajstić information content (AvgIpc) is 2.10. The van der Waals surface area contributed by atoms with Gasteiger partial charge in [-0.2, -0.15) is 0 Å². The first-order valence-electron chi connectivity index (χ1n) is 4.12. The van der Waals surface area contributed by atoms with Crippen LogP contribution < -0.4 is 4.74 Å². The average molecular weight is 199 g/mol. The van der Waals surface area contributed by atoms with Gasteiger partial charge in [0.2, 0.25) is 0 Å². The van der Waals surface area contributed by atoms with Crippen LogP contribution in [-0.4, -0.2) is 12.9 Å². The summed E-state index contributed by atoms with van der Waals surface area (Å²) in [6.45, 7) is 2.49. The van der Waals surface area contributed by atoms with Crippen LogP contribution in [0.4, 0.5) is 0 Å². The number of rotatable bonds is 4. The van der Waals surface area contributed by atoms with E-state index in [1.807, 2.05) is 6.92 Å². The van der Waals surface area contributed by atoms with Crippen LogP contribution in [0.3, 0.4) is 0 Å². The molecule has 2 nitrogen and oxygen atoms in total. The topological polar surface area (TPSA) is 26.3 Å². The Balaban J connectivity index is 2.95. The smallest absolute Gasteiger partial charge is 0.124 e. The molecule has 13 heavy (non-hydrogen) atoms. The van der Waals surface area contributed by atoms with E-state index in [1.165, 1.54) is 0 Å². The summed E-state index contributed by atoms with van der Waals surface area (Å²) < 4.78 is 5.33. The molecule has 0 aromatic heterocycles. The van der Waals surface area contributed by atoms with E-state index >= 15 is 0 Å². The standard InChI is InChI=1S/C10H11ClO2/c1-2-13-10-4-3-9(11)7-8(10)5-6-12/h3-4,6-7H,2,5H2,1H3. The fourth-order valence-electron chi connectivity index (χ4n) is 1.09. The SMILES string of the molecule is CCOc1ccc(Cl)cc1CC=O. The minimum Gasteiger partial charge on any atom is -0.494 e. The summed E-state index contributed by atoms with van der Waals surface area (Å²) in [5.74, 6) is 0.735. The van der Waals surface area contributed by atoms with Crippen molar-refractivity contribution in [2.45, 2.75) is 13.3 Å². The van der Waals surface area contributed by atoms with Crippen LogP contribution in [-0.2, 0) is 11.2 Å². The Morgan fingerprint density at radius 1 is 1.54 bits per heavy atom. The van der Waals surface area contributed by atoms with Crippen molar-refractivity contribution in [3.05, 3.63) is 28.8 Å². The highest BCUT2D eigenvalue weighted by Crippen LogP contribution is 2.22. The number of carbonyl (C=O) groups is 1. The second kappa shape index (κ2) is 4.87. The zero-order chi connectivity index (χ0) is 9.68. The fraction of sp³-hybridized carbons (Fsp3) is 0.300. The first-order valence-corrected chi connectivity index (χ1v) is 4.50. The molecule has 0 aliphatic rings. The molecule has 0 spiro atoms. The summed E-state index contributed by atoms with van der Waals surface area (Å²) >= 11 is 5.78. The third-order valence-corrected chi connectivity index (χ3v) is 1.86. The quantitative estimate of drug-likeness (QED) is 0.695. The van der Waals surface area contributed by atoms with E-state index < -0.39 is 0 Å². The molecule has 0 saturated heterocycles. The monoisotopic (exact) mass is 198 g/mol. The van der Waals surface area contributed by atoms with Gasteiger partial charge in [0.15, 0.2) is 0 Å². The minimum atomic E-state index is 0.343. The van der Waals surface area contributed by atoms with Crippen LogP contribution in [0, 0.1) is 0 Å². The maximum Gasteiger partial charge on any atom is 0.124 e. The maximum absolute atomic E-state index is 10.3. The van der Waals surface area contributed by atoms with Gasteiger partial charge >= 0.3 is 0 Å². The summed E-state index contributed by atoms with van der Waals surface area (Å²) in [5.41, 5.74) is 0.837. The molecular formula is C10H11ClO2. The Hall–Kier alpha value is -1.02. The lowest BCUT2D eigenvalue weighted by molar-refractivity contribution is -0.107.